The second-order valence-electron chi connectivity index (χ2n) is 9.04. The summed E-state index contributed by atoms with van der Waals surface area (Å²) in [5, 5.41) is 4.07. The zero-order chi connectivity index (χ0) is 24.4. The van der Waals surface area contributed by atoms with Gasteiger partial charge in [0.15, 0.2) is 5.78 Å². The molecule has 2 unspecified atom stereocenters. The lowest BCUT2D eigenvalue weighted by Gasteiger charge is -2.36. The number of nitrogens with one attached hydrogen (secondary N) is 1. The van der Waals surface area contributed by atoms with Crippen molar-refractivity contribution in [2.45, 2.75) is 38.2 Å². The van der Waals surface area contributed by atoms with Crippen molar-refractivity contribution in [1.82, 2.24) is 5.32 Å². The van der Waals surface area contributed by atoms with Gasteiger partial charge in [0.05, 0.1) is 5.57 Å². The van der Waals surface area contributed by atoms with Crippen LogP contribution >= 0.6 is 11.6 Å². The molecule has 4 nitrogen and oxygen atoms in total. The molecule has 1 heterocycles. The van der Waals surface area contributed by atoms with Crippen LogP contribution in [0.3, 0.4) is 0 Å². The van der Waals surface area contributed by atoms with E-state index in [1.807, 2.05) is 91.9 Å². The summed E-state index contributed by atoms with van der Waals surface area (Å²) >= 11 is 6.07. The molecule has 0 radical (unpaired) electrons. The number of esters is 1. The number of allylic oxidation sites excluding steroid dienone is 3. The molecule has 176 valence electrons. The Labute approximate surface area is 210 Å². The van der Waals surface area contributed by atoms with Gasteiger partial charge in [0.2, 0.25) is 0 Å². The van der Waals surface area contributed by atoms with Crippen molar-refractivity contribution >= 4 is 23.4 Å². The smallest absolute Gasteiger partial charge is 0.337 e. The number of rotatable bonds is 5. The zero-order valence-corrected chi connectivity index (χ0v) is 20.2. The monoisotopic (exact) mass is 483 g/mol. The van der Waals surface area contributed by atoms with Gasteiger partial charge in [-0.1, -0.05) is 84.4 Å². The third kappa shape index (κ3) is 4.80. The second-order valence-corrected chi connectivity index (χ2v) is 9.48. The summed E-state index contributed by atoms with van der Waals surface area (Å²) in [4.78, 5) is 27.0. The molecule has 0 bridgehead atoms. The number of ether oxygens (including phenoxy) is 1. The van der Waals surface area contributed by atoms with Crippen LogP contribution in [0.5, 0.6) is 0 Å². The third-order valence-corrected chi connectivity index (χ3v) is 6.99. The maximum absolute atomic E-state index is 13.6. The molecule has 0 aromatic heterocycles. The van der Waals surface area contributed by atoms with E-state index in [1.165, 1.54) is 0 Å². The zero-order valence-electron chi connectivity index (χ0n) is 19.5. The van der Waals surface area contributed by atoms with Gasteiger partial charge in [0.25, 0.3) is 0 Å². The molecule has 0 spiro atoms. The average Bonchev–Trinajstić information content (AvgIpc) is 2.88. The number of carbonyl (C=O) groups excluding carboxylic acids is 2. The summed E-state index contributed by atoms with van der Waals surface area (Å²) in [5.74, 6) is -0.767. The van der Waals surface area contributed by atoms with Gasteiger partial charge in [-0.25, -0.2) is 4.79 Å². The summed E-state index contributed by atoms with van der Waals surface area (Å²) in [7, 11) is 0. The van der Waals surface area contributed by atoms with Crippen molar-refractivity contribution in [3.63, 3.8) is 0 Å². The summed E-state index contributed by atoms with van der Waals surface area (Å²) in [6, 6.07) is 27.0. The molecule has 0 saturated heterocycles. The minimum atomic E-state index is -0.464. The molecular weight excluding hydrogens is 458 g/mol. The Balaban J connectivity index is 1.49. The first-order valence-electron chi connectivity index (χ1n) is 11.8. The molecule has 1 aliphatic carbocycles. The predicted molar refractivity (Wildman–Crippen MR) is 137 cm³/mol. The van der Waals surface area contributed by atoms with Crippen LogP contribution < -0.4 is 5.32 Å². The van der Waals surface area contributed by atoms with Gasteiger partial charge in [0.1, 0.15) is 6.61 Å². The molecule has 3 aromatic carbocycles. The van der Waals surface area contributed by atoms with Crippen LogP contribution in [0.4, 0.5) is 0 Å². The van der Waals surface area contributed by atoms with Gasteiger partial charge in [-0.2, -0.15) is 0 Å². The van der Waals surface area contributed by atoms with Crippen LogP contribution in [-0.4, -0.2) is 11.8 Å². The molecule has 3 aromatic rings. The van der Waals surface area contributed by atoms with E-state index in [0.717, 1.165) is 28.1 Å². The summed E-state index contributed by atoms with van der Waals surface area (Å²) < 4.78 is 5.72. The van der Waals surface area contributed by atoms with Crippen LogP contribution in [0.15, 0.2) is 107 Å². The third-order valence-electron chi connectivity index (χ3n) is 6.73. The molecular formula is C30H26ClNO3. The van der Waals surface area contributed by atoms with Crippen molar-refractivity contribution < 1.29 is 14.3 Å². The van der Waals surface area contributed by atoms with E-state index in [4.69, 9.17) is 16.3 Å². The average molecular weight is 484 g/mol. The molecule has 0 saturated carbocycles. The number of benzene rings is 3. The first kappa shape index (κ1) is 23.1. The van der Waals surface area contributed by atoms with E-state index in [2.05, 4.69) is 5.32 Å². The lowest BCUT2D eigenvalue weighted by molar-refractivity contribution is -0.140. The van der Waals surface area contributed by atoms with Crippen molar-refractivity contribution in [1.29, 1.82) is 0 Å². The van der Waals surface area contributed by atoms with Gasteiger partial charge >= 0.3 is 5.97 Å². The highest BCUT2D eigenvalue weighted by Crippen LogP contribution is 2.45. The van der Waals surface area contributed by atoms with Crippen LogP contribution in [0.2, 0.25) is 5.02 Å². The van der Waals surface area contributed by atoms with E-state index in [0.29, 0.717) is 29.0 Å². The molecule has 5 heteroatoms. The quantitative estimate of drug-likeness (QED) is 0.424. The normalized spacial score (nSPS) is 19.8. The fraction of sp³-hybridized carbons (Fsp3) is 0.200. The van der Waals surface area contributed by atoms with Crippen molar-refractivity contribution in [3.05, 3.63) is 129 Å². The minimum Gasteiger partial charge on any atom is -0.457 e. The Kier molecular flexibility index (Phi) is 6.56. The Hall–Kier alpha value is -3.63. The number of dihydropyridines is 1. The summed E-state index contributed by atoms with van der Waals surface area (Å²) in [5.41, 5.74) is 5.67. The van der Waals surface area contributed by atoms with Crippen LogP contribution in [-0.2, 0) is 20.9 Å². The second kappa shape index (κ2) is 9.93. The Bertz CT molecular complexity index is 1310. The first-order valence-corrected chi connectivity index (χ1v) is 12.1. The standard InChI is InChI=1S/C30H26ClNO3/c1-19-27(30(34)35-18-20-8-4-2-5-9-20)28(22-10-6-3-7-11-22)29-25(32-19)16-23(17-26(29)33)21-12-14-24(31)15-13-21/h2-15,23,28,32H,16-18H2,1H3. The fourth-order valence-corrected chi connectivity index (χ4v) is 5.19. The highest BCUT2D eigenvalue weighted by atomic mass is 35.5. The van der Waals surface area contributed by atoms with Crippen molar-refractivity contribution in [2.24, 2.45) is 0 Å². The van der Waals surface area contributed by atoms with Crippen molar-refractivity contribution in [3.8, 4) is 0 Å². The number of Topliss-reactive ketones (excluding diaryl/α,β-unsaturated/α-hetero) is 1. The fourth-order valence-electron chi connectivity index (χ4n) is 5.06. The number of carbonyl (C=O) groups is 2. The topological polar surface area (TPSA) is 55.4 Å². The lowest BCUT2D eigenvalue weighted by Crippen LogP contribution is -2.36. The number of hydrogen-bond donors (Lipinski definition) is 1. The maximum atomic E-state index is 13.6. The van der Waals surface area contributed by atoms with E-state index in [-0.39, 0.29) is 18.3 Å². The van der Waals surface area contributed by atoms with E-state index >= 15 is 0 Å². The molecule has 2 aliphatic rings. The van der Waals surface area contributed by atoms with Gasteiger partial charge in [0, 0.05) is 34.3 Å². The molecule has 35 heavy (non-hydrogen) atoms. The SMILES string of the molecule is CC1=C(C(=O)OCc2ccccc2)C(c2ccccc2)C2=C(CC(c3ccc(Cl)cc3)CC2=O)N1. The summed E-state index contributed by atoms with van der Waals surface area (Å²) in [6.45, 7) is 2.06. The molecule has 1 aliphatic heterocycles. The largest absolute Gasteiger partial charge is 0.457 e. The Morgan fingerprint density at radius 3 is 2.26 bits per heavy atom. The van der Waals surface area contributed by atoms with E-state index < -0.39 is 11.9 Å². The van der Waals surface area contributed by atoms with Gasteiger partial charge in [-0.05, 0) is 48.1 Å². The van der Waals surface area contributed by atoms with Gasteiger partial charge in [-0.15, -0.1) is 0 Å². The van der Waals surface area contributed by atoms with Gasteiger partial charge < -0.3 is 10.1 Å². The molecule has 1 N–H and O–H groups in total. The number of hydrogen-bond acceptors (Lipinski definition) is 4. The van der Waals surface area contributed by atoms with Crippen LogP contribution in [0.25, 0.3) is 0 Å². The number of ketones is 1. The highest BCUT2D eigenvalue weighted by molar-refractivity contribution is 6.30. The molecule has 2 atom stereocenters. The Morgan fingerprint density at radius 1 is 0.914 bits per heavy atom. The maximum Gasteiger partial charge on any atom is 0.337 e. The Morgan fingerprint density at radius 2 is 1.57 bits per heavy atom. The number of halogens is 1. The predicted octanol–water partition coefficient (Wildman–Crippen LogP) is 6.45. The minimum absolute atomic E-state index is 0.0495. The van der Waals surface area contributed by atoms with E-state index in [1.54, 1.807) is 0 Å². The highest BCUT2D eigenvalue weighted by Gasteiger charge is 2.41. The molecule has 0 amide bonds. The van der Waals surface area contributed by atoms with Crippen LogP contribution in [0.1, 0.15) is 48.3 Å². The van der Waals surface area contributed by atoms with Gasteiger partial charge in [-0.3, -0.25) is 4.79 Å². The van der Waals surface area contributed by atoms with Crippen molar-refractivity contribution in [2.75, 3.05) is 0 Å². The summed E-state index contributed by atoms with van der Waals surface area (Å²) in [6.07, 6.45) is 1.08. The van der Waals surface area contributed by atoms with E-state index in [9.17, 15) is 9.59 Å². The van der Waals surface area contributed by atoms with Crippen LogP contribution in [0, 0.1) is 0 Å². The lowest BCUT2D eigenvalue weighted by atomic mass is 9.72. The molecule has 0 fully saturated rings. The first-order chi connectivity index (χ1) is 17.0. The molecule has 5 rings (SSSR count).